The number of oxime groups is 1. The summed E-state index contributed by atoms with van der Waals surface area (Å²) in [7, 11) is 1.66. The lowest BCUT2D eigenvalue weighted by molar-refractivity contribution is 0.312. The van der Waals surface area contributed by atoms with Gasteiger partial charge in [-0.25, -0.2) is 0 Å². The molecule has 3 heteroatoms. The van der Waals surface area contributed by atoms with Crippen molar-refractivity contribution in [3.05, 3.63) is 29.3 Å². The van der Waals surface area contributed by atoms with E-state index in [0.717, 1.165) is 42.7 Å². The number of fused-ring (bicyclic) bond motifs is 1. The highest BCUT2D eigenvalue weighted by molar-refractivity contribution is 6.08. The second-order valence-electron chi connectivity index (χ2n) is 4.75. The van der Waals surface area contributed by atoms with Gasteiger partial charge in [0.25, 0.3) is 0 Å². The molecule has 1 fully saturated rings. The van der Waals surface area contributed by atoms with Gasteiger partial charge in [0.15, 0.2) is 0 Å². The highest BCUT2D eigenvalue weighted by Crippen LogP contribution is 2.55. The van der Waals surface area contributed by atoms with E-state index in [0.29, 0.717) is 0 Å². The molecule has 0 amide bonds. The van der Waals surface area contributed by atoms with Crippen LogP contribution in [-0.4, -0.2) is 18.0 Å². The van der Waals surface area contributed by atoms with Gasteiger partial charge in [-0.3, -0.25) is 0 Å². The zero-order valence-corrected chi connectivity index (χ0v) is 9.36. The van der Waals surface area contributed by atoms with Gasteiger partial charge < -0.3 is 9.94 Å². The van der Waals surface area contributed by atoms with E-state index in [1.165, 1.54) is 5.56 Å². The van der Waals surface area contributed by atoms with Gasteiger partial charge in [0.05, 0.1) is 12.8 Å². The Morgan fingerprint density at radius 1 is 1.31 bits per heavy atom. The second kappa shape index (κ2) is 3.24. The molecule has 16 heavy (non-hydrogen) atoms. The Labute approximate surface area is 94.7 Å². The normalized spacial score (nSPS) is 23.2. The van der Waals surface area contributed by atoms with Crippen LogP contribution in [0.2, 0.25) is 0 Å². The van der Waals surface area contributed by atoms with Crippen LogP contribution in [0.5, 0.6) is 5.75 Å². The monoisotopic (exact) mass is 217 g/mol. The lowest BCUT2D eigenvalue weighted by Crippen LogP contribution is -2.24. The Morgan fingerprint density at radius 3 is 2.75 bits per heavy atom. The van der Waals surface area contributed by atoms with E-state index < -0.39 is 0 Å². The predicted octanol–water partition coefficient (Wildman–Crippen LogP) is 2.60. The van der Waals surface area contributed by atoms with Gasteiger partial charge in [-0.1, -0.05) is 11.2 Å². The number of rotatable bonds is 1. The summed E-state index contributed by atoms with van der Waals surface area (Å²) in [4.78, 5) is 0. The molecule has 1 N–H and O–H groups in total. The number of hydrogen-bond donors (Lipinski definition) is 1. The van der Waals surface area contributed by atoms with Crippen LogP contribution in [0.3, 0.4) is 0 Å². The molecule has 0 heterocycles. The SMILES string of the molecule is COc1ccc2c(c1)/C(=N/O)C1(CC2)CC1. The molecular formula is C13H15NO2. The smallest absolute Gasteiger partial charge is 0.119 e. The zero-order chi connectivity index (χ0) is 11.2. The van der Waals surface area contributed by atoms with E-state index in [4.69, 9.17) is 4.74 Å². The third-order valence-corrected chi connectivity index (χ3v) is 3.90. The number of aryl methyl sites for hydroxylation is 1. The van der Waals surface area contributed by atoms with Crippen LogP contribution in [-0.2, 0) is 6.42 Å². The van der Waals surface area contributed by atoms with Gasteiger partial charge in [-0.2, -0.15) is 0 Å². The molecule has 1 saturated carbocycles. The van der Waals surface area contributed by atoms with Crippen molar-refractivity contribution in [3.8, 4) is 5.75 Å². The van der Waals surface area contributed by atoms with Crippen molar-refractivity contribution in [2.75, 3.05) is 7.11 Å². The zero-order valence-electron chi connectivity index (χ0n) is 9.36. The summed E-state index contributed by atoms with van der Waals surface area (Å²) >= 11 is 0. The third kappa shape index (κ3) is 1.24. The largest absolute Gasteiger partial charge is 0.497 e. The molecule has 0 saturated heterocycles. The van der Waals surface area contributed by atoms with Crippen molar-refractivity contribution < 1.29 is 9.94 Å². The molecule has 2 aliphatic carbocycles. The molecule has 0 aliphatic heterocycles. The van der Waals surface area contributed by atoms with Crippen LogP contribution < -0.4 is 4.74 Å². The summed E-state index contributed by atoms with van der Waals surface area (Å²) in [6.45, 7) is 0. The van der Waals surface area contributed by atoms with Gasteiger partial charge >= 0.3 is 0 Å². The van der Waals surface area contributed by atoms with E-state index >= 15 is 0 Å². The van der Waals surface area contributed by atoms with Crippen LogP contribution in [0, 0.1) is 5.41 Å². The predicted molar refractivity (Wildman–Crippen MR) is 61.3 cm³/mol. The molecule has 3 rings (SSSR count). The van der Waals surface area contributed by atoms with Crippen LogP contribution in [0.15, 0.2) is 23.4 Å². The Bertz CT molecular complexity index is 461. The van der Waals surface area contributed by atoms with Crippen molar-refractivity contribution in [2.45, 2.75) is 25.7 Å². The van der Waals surface area contributed by atoms with Gasteiger partial charge in [-0.15, -0.1) is 0 Å². The molecule has 0 radical (unpaired) electrons. The maximum atomic E-state index is 9.22. The summed E-state index contributed by atoms with van der Waals surface area (Å²) in [6, 6.07) is 6.04. The average molecular weight is 217 g/mol. The Hall–Kier alpha value is -1.51. The molecular weight excluding hydrogens is 202 g/mol. The Balaban J connectivity index is 2.12. The van der Waals surface area contributed by atoms with E-state index in [1.807, 2.05) is 12.1 Å². The minimum absolute atomic E-state index is 0.175. The number of nitrogens with zero attached hydrogens (tertiary/aromatic N) is 1. The summed E-state index contributed by atoms with van der Waals surface area (Å²) in [6.07, 6.45) is 4.51. The summed E-state index contributed by atoms with van der Waals surface area (Å²) < 4.78 is 5.23. The first-order chi connectivity index (χ1) is 7.79. The molecule has 1 aromatic rings. The number of benzene rings is 1. The molecule has 3 nitrogen and oxygen atoms in total. The highest BCUT2D eigenvalue weighted by atomic mass is 16.5. The molecule has 0 unspecified atom stereocenters. The molecule has 0 aromatic heterocycles. The molecule has 84 valence electrons. The first kappa shape index (κ1) is 9.70. The van der Waals surface area contributed by atoms with Crippen LogP contribution in [0.1, 0.15) is 30.4 Å². The van der Waals surface area contributed by atoms with Crippen molar-refractivity contribution in [2.24, 2.45) is 10.6 Å². The highest BCUT2D eigenvalue weighted by Gasteiger charge is 2.50. The van der Waals surface area contributed by atoms with Gasteiger partial charge in [0.1, 0.15) is 5.75 Å². The minimum atomic E-state index is 0.175. The van der Waals surface area contributed by atoms with Crippen molar-refractivity contribution in [1.29, 1.82) is 0 Å². The molecule has 2 aliphatic rings. The quantitative estimate of drug-likeness (QED) is 0.580. The minimum Gasteiger partial charge on any atom is -0.497 e. The van der Waals surface area contributed by atoms with E-state index in [-0.39, 0.29) is 5.41 Å². The maximum Gasteiger partial charge on any atom is 0.119 e. The molecule has 1 spiro atoms. The molecule has 0 atom stereocenters. The van der Waals surface area contributed by atoms with Crippen molar-refractivity contribution in [1.82, 2.24) is 0 Å². The maximum absolute atomic E-state index is 9.22. The fourth-order valence-electron chi connectivity index (χ4n) is 2.70. The Morgan fingerprint density at radius 2 is 2.12 bits per heavy atom. The fourth-order valence-corrected chi connectivity index (χ4v) is 2.70. The summed E-state index contributed by atoms with van der Waals surface area (Å²) in [5.41, 5.74) is 3.39. The van der Waals surface area contributed by atoms with E-state index in [1.54, 1.807) is 7.11 Å². The Kier molecular flexibility index (Phi) is 1.96. The lowest BCUT2D eigenvalue weighted by Gasteiger charge is -2.25. The number of ether oxygens (including phenoxy) is 1. The van der Waals surface area contributed by atoms with Gasteiger partial charge in [-0.05, 0) is 43.4 Å². The second-order valence-corrected chi connectivity index (χ2v) is 4.75. The standard InChI is InChI=1S/C13H15NO2/c1-16-10-3-2-9-4-5-13(6-7-13)12(14-15)11(9)8-10/h2-3,8,15H,4-7H2,1H3/b14-12-. The average Bonchev–Trinajstić information content (AvgIpc) is 3.09. The van der Waals surface area contributed by atoms with Crippen LogP contribution in [0.25, 0.3) is 0 Å². The molecule has 0 bridgehead atoms. The fraction of sp³-hybridized carbons (Fsp3) is 0.462. The van der Waals surface area contributed by atoms with Crippen molar-refractivity contribution in [3.63, 3.8) is 0 Å². The number of hydrogen-bond acceptors (Lipinski definition) is 3. The third-order valence-electron chi connectivity index (χ3n) is 3.90. The van der Waals surface area contributed by atoms with E-state index in [2.05, 4.69) is 11.2 Å². The van der Waals surface area contributed by atoms with Crippen LogP contribution in [0.4, 0.5) is 0 Å². The first-order valence-corrected chi connectivity index (χ1v) is 5.69. The lowest BCUT2D eigenvalue weighted by atomic mass is 9.79. The van der Waals surface area contributed by atoms with Crippen molar-refractivity contribution >= 4 is 5.71 Å². The first-order valence-electron chi connectivity index (χ1n) is 5.69. The van der Waals surface area contributed by atoms with Gasteiger partial charge in [0, 0.05) is 11.0 Å². The topological polar surface area (TPSA) is 41.8 Å². The molecule has 1 aromatic carbocycles. The summed E-state index contributed by atoms with van der Waals surface area (Å²) in [5, 5.41) is 12.8. The number of methoxy groups -OCH3 is 1. The van der Waals surface area contributed by atoms with E-state index in [9.17, 15) is 5.21 Å². The summed E-state index contributed by atoms with van der Waals surface area (Å²) in [5.74, 6) is 0.831. The van der Waals surface area contributed by atoms with Gasteiger partial charge in [0.2, 0.25) is 0 Å². The van der Waals surface area contributed by atoms with Crippen LogP contribution >= 0.6 is 0 Å².